The molecule has 0 atom stereocenters. The van der Waals surface area contributed by atoms with Crippen LogP contribution < -0.4 is 0 Å². The van der Waals surface area contributed by atoms with Crippen LogP contribution in [0.4, 0.5) is 0 Å². The minimum Gasteiger partial charge on any atom is -0.508 e. The quantitative estimate of drug-likeness (QED) is 0.703. The molecule has 0 bridgehead atoms. The normalized spacial score (nSPS) is 10.0. The Morgan fingerprint density at radius 2 is 2.29 bits per heavy atom. The molecule has 2 rings (SSSR count). The molecule has 2 aromatic rings. The molecule has 4 heteroatoms. The zero-order chi connectivity index (χ0) is 9.97. The van der Waals surface area contributed by atoms with Gasteiger partial charge in [0.1, 0.15) is 5.75 Å². The van der Waals surface area contributed by atoms with E-state index < -0.39 is 0 Å². The number of nitrogens with one attached hydrogen (secondary N) is 1. The molecule has 0 unspecified atom stereocenters. The standard InChI is InChI=1S/C10H8N2O2/c13-6-10-11-5-9(12-10)7-2-1-3-8(14)4-7/h1-6,14H,(H,11,12). The number of aldehydes is 1. The predicted molar refractivity (Wildman–Crippen MR) is 51.1 cm³/mol. The Bertz CT molecular complexity index is 463. The van der Waals surface area contributed by atoms with E-state index in [4.69, 9.17) is 0 Å². The van der Waals surface area contributed by atoms with E-state index in [1.54, 1.807) is 24.4 Å². The molecule has 4 nitrogen and oxygen atoms in total. The van der Waals surface area contributed by atoms with Crippen LogP contribution in [0.3, 0.4) is 0 Å². The molecule has 1 aromatic carbocycles. The fraction of sp³-hybridized carbons (Fsp3) is 0. The Hall–Kier alpha value is -2.10. The van der Waals surface area contributed by atoms with Gasteiger partial charge in [0.25, 0.3) is 0 Å². The van der Waals surface area contributed by atoms with Gasteiger partial charge in [-0.1, -0.05) is 12.1 Å². The summed E-state index contributed by atoms with van der Waals surface area (Å²) < 4.78 is 0. The number of aromatic amines is 1. The van der Waals surface area contributed by atoms with E-state index in [0.717, 1.165) is 5.56 Å². The van der Waals surface area contributed by atoms with Gasteiger partial charge in [-0.2, -0.15) is 0 Å². The highest BCUT2D eigenvalue weighted by Crippen LogP contribution is 2.20. The lowest BCUT2D eigenvalue weighted by Crippen LogP contribution is -1.81. The molecule has 0 saturated heterocycles. The van der Waals surface area contributed by atoms with Gasteiger partial charge >= 0.3 is 0 Å². The summed E-state index contributed by atoms with van der Waals surface area (Å²) in [4.78, 5) is 17.0. The number of H-pyrrole nitrogens is 1. The fourth-order valence-corrected chi connectivity index (χ4v) is 1.22. The summed E-state index contributed by atoms with van der Waals surface area (Å²) in [5, 5.41) is 9.23. The van der Waals surface area contributed by atoms with Gasteiger partial charge in [-0.05, 0) is 12.1 Å². The summed E-state index contributed by atoms with van der Waals surface area (Å²) >= 11 is 0. The molecule has 0 aliphatic heterocycles. The second-order valence-corrected chi connectivity index (χ2v) is 2.85. The minimum absolute atomic E-state index is 0.185. The van der Waals surface area contributed by atoms with E-state index >= 15 is 0 Å². The van der Waals surface area contributed by atoms with Crippen molar-refractivity contribution in [2.75, 3.05) is 0 Å². The molecule has 0 aliphatic rings. The summed E-state index contributed by atoms with van der Waals surface area (Å²) in [5.41, 5.74) is 1.51. The maximum atomic E-state index is 10.4. The van der Waals surface area contributed by atoms with Crippen molar-refractivity contribution < 1.29 is 9.90 Å². The summed E-state index contributed by atoms with van der Waals surface area (Å²) in [6, 6.07) is 6.73. The molecule has 2 N–H and O–H groups in total. The van der Waals surface area contributed by atoms with Crippen molar-refractivity contribution in [3.63, 3.8) is 0 Å². The van der Waals surface area contributed by atoms with Crippen LogP contribution in [0.15, 0.2) is 30.5 Å². The minimum atomic E-state index is 0.185. The Labute approximate surface area is 80.2 Å². The van der Waals surface area contributed by atoms with E-state index in [1.807, 2.05) is 6.07 Å². The first-order valence-corrected chi connectivity index (χ1v) is 4.09. The number of nitrogens with zero attached hydrogens (tertiary/aromatic N) is 1. The Morgan fingerprint density at radius 1 is 1.43 bits per heavy atom. The number of hydrogen-bond acceptors (Lipinski definition) is 3. The van der Waals surface area contributed by atoms with Crippen molar-refractivity contribution in [1.29, 1.82) is 0 Å². The van der Waals surface area contributed by atoms with E-state index in [-0.39, 0.29) is 11.6 Å². The fourth-order valence-electron chi connectivity index (χ4n) is 1.22. The van der Waals surface area contributed by atoms with Crippen LogP contribution >= 0.6 is 0 Å². The van der Waals surface area contributed by atoms with Gasteiger partial charge in [-0.25, -0.2) is 4.98 Å². The number of aromatic nitrogens is 2. The average molecular weight is 188 g/mol. The van der Waals surface area contributed by atoms with E-state index in [2.05, 4.69) is 9.97 Å². The predicted octanol–water partition coefficient (Wildman–Crippen LogP) is 1.59. The van der Waals surface area contributed by atoms with Gasteiger partial charge in [0.15, 0.2) is 12.1 Å². The first kappa shape index (κ1) is 8.50. The van der Waals surface area contributed by atoms with E-state index in [9.17, 15) is 9.90 Å². The van der Waals surface area contributed by atoms with E-state index in [1.165, 1.54) is 0 Å². The van der Waals surface area contributed by atoms with Crippen molar-refractivity contribution in [3.8, 4) is 17.0 Å². The Balaban J connectivity index is 2.43. The first-order chi connectivity index (χ1) is 6.79. The Kier molecular flexibility index (Phi) is 2.02. The second kappa shape index (κ2) is 3.33. The molecule has 0 aliphatic carbocycles. The molecule has 0 spiro atoms. The number of benzene rings is 1. The molecule has 0 saturated carbocycles. The average Bonchev–Trinajstić information content (AvgIpc) is 2.66. The van der Waals surface area contributed by atoms with Crippen molar-refractivity contribution in [3.05, 3.63) is 36.3 Å². The third-order valence-electron chi connectivity index (χ3n) is 1.86. The highest BCUT2D eigenvalue weighted by Gasteiger charge is 2.02. The van der Waals surface area contributed by atoms with Crippen molar-refractivity contribution in [1.82, 2.24) is 9.97 Å². The third kappa shape index (κ3) is 1.50. The first-order valence-electron chi connectivity index (χ1n) is 4.09. The summed E-state index contributed by atoms with van der Waals surface area (Å²) in [6.07, 6.45) is 2.20. The van der Waals surface area contributed by atoms with Crippen LogP contribution in [0.25, 0.3) is 11.3 Å². The second-order valence-electron chi connectivity index (χ2n) is 2.85. The molecule has 1 aromatic heterocycles. The number of hydrogen-bond donors (Lipinski definition) is 2. The number of phenolic OH excluding ortho intramolecular Hbond substituents is 1. The lowest BCUT2D eigenvalue weighted by Gasteiger charge is -1.97. The zero-order valence-electron chi connectivity index (χ0n) is 7.27. The van der Waals surface area contributed by atoms with Gasteiger partial charge < -0.3 is 10.1 Å². The summed E-state index contributed by atoms with van der Waals surface area (Å²) in [7, 11) is 0. The van der Waals surface area contributed by atoms with Crippen LogP contribution in [-0.4, -0.2) is 21.4 Å². The highest BCUT2D eigenvalue weighted by atomic mass is 16.3. The topological polar surface area (TPSA) is 66.0 Å². The molecule has 14 heavy (non-hydrogen) atoms. The number of carbonyl (C=O) groups is 1. The third-order valence-corrected chi connectivity index (χ3v) is 1.86. The van der Waals surface area contributed by atoms with Crippen LogP contribution in [0.5, 0.6) is 5.75 Å². The molecular formula is C10H8N2O2. The largest absolute Gasteiger partial charge is 0.508 e. The molecule has 0 fully saturated rings. The number of imidazole rings is 1. The lowest BCUT2D eigenvalue weighted by molar-refractivity contribution is 0.111. The number of rotatable bonds is 2. The maximum Gasteiger partial charge on any atom is 0.185 e. The SMILES string of the molecule is O=Cc1ncc(-c2cccc(O)c2)[nH]1. The van der Waals surface area contributed by atoms with Gasteiger partial charge in [0.2, 0.25) is 0 Å². The van der Waals surface area contributed by atoms with Crippen molar-refractivity contribution >= 4 is 6.29 Å². The number of phenols is 1. The summed E-state index contributed by atoms with van der Waals surface area (Å²) in [6.45, 7) is 0. The molecule has 0 amide bonds. The Morgan fingerprint density at radius 3 is 2.93 bits per heavy atom. The monoisotopic (exact) mass is 188 g/mol. The van der Waals surface area contributed by atoms with Crippen LogP contribution in [0.1, 0.15) is 10.6 Å². The zero-order valence-corrected chi connectivity index (χ0v) is 7.27. The maximum absolute atomic E-state index is 10.4. The van der Waals surface area contributed by atoms with E-state index in [0.29, 0.717) is 12.0 Å². The smallest absolute Gasteiger partial charge is 0.185 e. The summed E-state index contributed by atoms with van der Waals surface area (Å²) in [5.74, 6) is 0.466. The molecule has 1 heterocycles. The van der Waals surface area contributed by atoms with Gasteiger partial charge in [-0.3, -0.25) is 4.79 Å². The van der Waals surface area contributed by atoms with Gasteiger partial charge in [-0.15, -0.1) is 0 Å². The molecular weight excluding hydrogens is 180 g/mol. The molecule has 70 valence electrons. The van der Waals surface area contributed by atoms with Crippen molar-refractivity contribution in [2.45, 2.75) is 0 Å². The van der Waals surface area contributed by atoms with Crippen LogP contribution in [-0.2, 0) is 0 Å². The van der Waals surface area contributed by atoms with Crippen LogP contribution in [0.2, 0.25) is 0 Å². The number of carbonyl (C=O) groups excluding carboxylic acids is 1. The van der Waals surface area contributed by atoms with Gasteiger partial charge in [0.05, 0.1) is 11.9 Å². The lowest BCUT2D eigenvalue weighted by atomic mass is 10.2. The highest BCUT2D eigenvalue weighted by molar-refractivity contribution is 5.72. The van der Waals surface area contributed by atoms with Crippen molar-refractivity contribution in [2.24, 2.45) is 0 Å². The number of aromatic hydroxyl groups is 1. The van der Waals surface area contributed by atoms with Crippen LogP contribution in [0, 0.1) is 0 Å². The van der Waals surface area contributed by atoms with Gasteiger partial charge in [0, 0.05) is 5.56 Å². The molecule has 0 radical (unpaired) electrons.